The van der Waals surface area contributed by atoms with Crippen LogP contribution in [0.1, 0.15) is 23.5 Å². The van der Waals surface area contributed by atoms with Crippen LogP contribution >= 0.6 is 0 Å². The average molecular weight is 316 g/mol. The van der Waals surface area contributed by atoms with Crippen LogP contribution in [0.5, 0.6) is 0 Å². The number of fused-ring (bicyclic) bond motifs is 3. The minimum Gasteiger partial charge on any atom is -0.375 e. The molecule has 0 heterocycles. The Morgan fingerprint density at radius 2 is 2.13 bits per heavy atom. The zero-order chi connectivity index (χ0) is 16.4. The Morgan fingerprint density at radius 1 is 1.35 bits per heavy atom. The molecule has 1 fully saturated rings. The summed E-state index contributed by atoms with van der Waals surface area (Å²) in [5.41, 5.74) is 2.93. The van der Waals surface area contributed by atoms with Crippen molar-refractivity contribution in [3.63, 3.8) is 0 Å². The van der Waals surface area contributed by atoms with Gasteiger partial charge in [-0.15, -0.1) is 0 Å². The highest BCUT2D eigenvalue weighted by atomic mass is 16.5. The molecule has 23 heavy (non-hydrogen) atoms. The van der Waals surface area contributed by atoms with Gasteiger partial charge >= 0.3 is 0 Å². The van der Waals surface area contributed by atoms with Crippen LogP contribution in [0.4, 0.5) is 0 Å². The van der Waals surface area contributed by atoms with Crippen molar-refractivity contribution in [1.82, 2.24) is 10.2 Å². The lowest BCUT2D eigenvalue weighted by Crippen LogP contribution is -2.40. The van der Waals surface area contributed by atoms with Gasteiger partial charge in [-0.05, 0) is 41.7 Å². The van der Waals surface area contributed by atoms with Gasteiger partial charge in [-0.25, -0.2) is 0 Å². The van der Waals surface area contributed by atoms with E-state index in [9.17, 15) is 9.59 Å². The molecule has 5 nitrogen and oxygen atoms in total. The minimum atomic E-state index is -0.184. The molecule has 2 aliphatic rings. The van der Waals surface area contributed by atoms with E-state index in [0.29, 0.717) is 24.3 Å². The molecule has 0 saturated heterocycles. The summed E-state index contributed by atoms with van der Waals surface area (Å²) in [4.78, 5) is 25.0. The van der Waals surface area contributed by atoms with Gasteiger partial charge in [0, 0.05) is 20.7 Å². The first-order valence-corrected chi connectivity index (χ1v) is 8.19. The third-order valence-corrected chi connectivity index (χ3v) is 5.10. The molecule has 0 bridgehead atoms. The fourth-order valence-electron chi connectivity index (χ4n) is 3.81. The third kappa shape index (κ3) is 3.39. The van der Waals surface area contributed by atoms with E-state index in [-0.39, 0.29) is 25.0 Å². The number of likely N-dealkylation sites (N-methyl/N-ethyl adjacent to an activating group) is 1. The van der Waals surface area contributed by atoms with E-state index >= 15 is 0 Å². The van der Waals surface area contributed by atoms with Gasteiger partial charge in [-0.2, -0.15) is 0 Å². The number of methoxy groups -OCH3 is 1. The Balaban J connectivity index is 1.47. The molecule has 3 rings (SSSR count). The molecule has 1 aromatic rings. The van der Waals surface area contributed by atoms with E-state index in [1.807, 2.05) is 0 Å². The number of ether oxygens (including phenoxy) is 1. The quantitative estimate of drug-likeness (QED) is 0.857. The van der Waals surface area contributed by atoms with Crippen molar-refractivity contribution in [3.8, 4) is 0 Å². The smallest absolute Gasteiger partial charge is 0.248 e. The first-order chi connectivity index (χ1) is 11.1. The number of benzene rings is 1. The van der Waals surface area contributed by atoms with Gasteiger partial charge in [0.2, 0.25) is 11.8 Å². The standard InChI is InChI=1S/C18H24N2O3/c1-20(17(22)11-23-2)10-16(21)19-9-15-14-8-7-12-5-3-4-6-13(12)18(14)15/h3-6,14-15,18H,7-11H2,1-2H3,(H,19,21)/t14-,15-,18-/m1/s1. The van der Waals surface area contributed by atoms with Gasteiger partial charge in [-0.1, -0.05) is 24.3 Å². The van der Waals surface area contributed by atoms with Crippen LogP contribution in [-0.2, 0) is 20.7 Å². The van der Waals surface area contributed by atoms with Crippen molar-refractivity contribution in [2.45, 2.75) is 18.8 Å². The second-order valence-corrected chi connectivity index (χ2v) is 6.58. The van der Waals surface area contributed by atoms with Crippen LogP contribution in [0.3, 0.4) is 0 Å². The summed E-state index contributed by atoms with van der Waals surface area (Å²) in [5.74, 6) is 1.57. The molecule has 1 saturated carbocycles. The summed E-state index contributed by atoms with van der Waals surface area (Å²) in [7, 11) is 3.09. The predicted octanol–water partition coefficient (Wildman–Crippen LogP) is 1.18. The minimum absolute atomic E-state index is 0.00728. The Bertz CT molecular complexity index is 602. The Morgan fingerprint density at radius 3 is 2.91 bits per heavy atom. The van der Waals surface area contributed by atoms with E-state index < -0.39 is 0 Å². The zero-order valence-corrected chi connectivity index (χ0v) is 13.7. The summed E-state index contributed by atoms with van der Waals surface area (Å²) in [6, 6.07) is 8.65. The fourth-order valence-corrected chi connectivity index (χ4v) is 3.81. The normalized spacial score (nSPS) is 24.3. The van der Waals surface area contributed by atoms with Crippen molar-refractivity contribution in [1.29, 1.82) is 0 Å². The number of carbonyl (C=O) groups excluding carboxylic acids is 2. The Kier molecular flexibility index (Phi) is 4.66. The van der Waals surface area contributed by atoms with Crippen LogP contribution in [0.2, 0.25) is 0 Å². The number of nitrogens with zero attached hydrogens (tertiary/aromatic N) is 1. The van der Waals surface area contributed by atoms with Crippen molar-refractivity contribution in [3.05, 3.63) is 35.4 Å². The molecule has 0 aromatic heterocycles. The second-order valence-electron chi connectivity index (χ2n) is 6.58. The summed E-state index contributed by atoms with van der Waals surface area (Å²) >= 11 is 0. The maximum absolute atomic E-state index is 12.0. The zero-order valence-electron chi connectivity index (χ0n) is 13.7. The monoisotopic (exact) mass is 316 g/mol. The summed E-state index contributed by atoms with van der Waals surface area (Å²) in [6.07, 6.45) is 2.37. The van der Waals surface area contributed by atoms with E-state index in [2.05, 4.69) is 29.6 Å². The number of hydrogen-bond acceptors (Lipinski definition) is 3. The highest BCUT2D eigenvalue weighted by Gasteiger charge is 2.52. The van der Waals surface area contributed by atoms with Crippen molar-refractivity contribution >= 4 is 11.8 Å². The lowest BCUT2D eigenvalue weighted by Gasteiger charge is -2.16. The molecule has 124 valence electrons. The largest absolute Gasteiger partial charge is 0.375 e. The van der Waals surface area contributed by atoms with Crippen LogP contribution in [0, 0.1) is 11.8 Å². The molecule has 0 aliphatic heterocycles. The fraction of sp³-hybridized carbons (Fsp3) is 0.556. The van der Waals surface area contributed by atoms with Crippen LogP contribution < -0.4 is 5.32 Å². The molecular weight excluding hydrogens is 292 g/mol. The van der Waals surface area contributed by atoms with E-state index in [0.717, 1.165) is 6.42 Å². The van der Waals surface area contributed by atoms with Gasteiger partial charge in [0.1, 0.15) is 6.61 Å². The number of amides is 2. The second kappa shape index (κ2) is 6.71. The van der Waals surface area contributed by atoms with Gasteiger partial charge in [0.25, 0.3) is 0 Å². The highest BCUT2D eigenvalue weighted by Crippen LogP contribution is 2.59. The number of aryl methyl sites for hydroxylation is 1. The molecule has 3 atom stereocenters. The highest BCUT2D eigenvalue weighted by molar-refractivity contribution is 5.85. The summed E-state index contributed by atoms with van der Waals surface area (Å²) in [5, 5.41) is 2.99. The van der Waals surface area contributed by atoms with Crippen LogP contribution in [0.15, 0.2) is 24.3 Å². The Hall–Kier alpha value is -1.88. The number of carbonyl (C=O) groups is 2. The van der Waals surface area contributed by atoms with Gasteiger partial charge in [-0.3, -0.25) is 9.59 Å². The molecule has 0 spiro atoms. The van der Waals surface area contributed by atoms with E-state index in [4.69, 9.17) is 4.74 Å². The Labute approximate surface area is 137 Å². The summed E-state index contributed by atoms with van der Waals surface area (Å²) in [6.45, 7) is 0.795. The van der Waals surface area contributed by atoms with Crippen molar-refractivity contribution < 1.29 is 14.3 Å². The third-order valence-electron chi connectivity index (χ3n) is 5.10. The van der Waals surface area contributed by atoms with Crippen LogP contribution in [0.25, 0.3) is 0 Å². The first kappa shape index (κ1) is 16.0. The molecular formula is C18H24N2O3. The first-order valence-electron chi connectivity index (χ1n) is 8.19. The molecule has 1 aromatic carbocycles. The summed E-state index contributed by atoms with van der Waals surface area (Å²) < 4.78 is 4.79. The van der Waals surface area contributed by atoms with Crippen molar-refractivity contribution in [2.75, 3.05) is 33.9 Å². The molecule has 2 aliphatic carbocycles. The maximum atomic E-state index is 12.0. The number of hydrogen-bond donors (Lipinski definition) is 1. The molecule has 1 N–H and O–H groups in total. The van der Waals surface area contributed by atoms with Crippen molar-refractivity contribution in [2.24, 2.45) is 11.8 Å². The SMILES string of the molecule is COCC(=O)N(C)CC(=O)NC[C@@H]1[C@H]2CCc3ccccc3[C@H]21. The molecule has 2 amide bonds. The van der Waals surface area contributed by atoms with Gasteiger partial charge in [0.15, 0.2) is 0 Å². The molecule has 5 heteroatoms. The lowest BCUT2D eigenvalue weighted by molar-refractivity contribution is -0.137. The maximum Gasteiger partial charge on any atom is 0.248 e. The molecule has 0 unspecified atom stereocenters. The van der Waals surface area contributed by atoms with E-state index in [1.165, 1.54) is 29.6 Å². The number of rotatable bonds is 6. The van der Waals surface area contributed by atoms with E-state index in [1.54, 1.807) is 7.05 Å². The van der Waals surface area contributed by atoms with Crippen LogP contribution in [-0.4, -0.2) is 50.6 Å². The number of nitrogens with one attached hydrogen (secondary N) is 1. The topological polar surface area (TPSA) is 58.6 Å². The van der Waals surface area contributed by atoms with Gasteiger partial charge in [0.05, 0.1) is 6.54 Å². The van der Waals surface area contributed by atoms with Gasteiger partial charge < -0.3 is 15.0 Å². The average Bonchev–Trinajstić information content (AvgIpc) is 3.27. The lowest BCUT2D eigenvalue weighted by atomic mass is 9.92. The predicted molar refractivity (Wildman–Crippen MR) is 87.0 cm³/mol. The molecule has 0 radical (unpaired) electrons.